The number of thiazole rings is 1. The monoisotopic (exact) mass is 316 g/mol. The Kier molecular flexibility index (Phi) is 3.54. The smallest absolute Gasteiger partial charge is 0.305 e. The molecule has 5 nitrogen and oxygen atoms in total. The van der Waals surface area contributed by atoms with E-state index in [1.54, 1.807) is 6.92 Å². The fraction of sp³-hybridized carbons (Fsp3) is 0.769. The van der Waals surface area contributed by atoms with Gasteiger partial charge >= 0.3 is 4.87 Å². The van der Waals surface area contributed by atoms with E-state index < -0.39 is 10.0 Å². The Bertz CT molecular complexity index is 661. The molecule has 2 bridgehead atoms. The first kappa shape index (κ1) is 14.3. The maximum atomic E-state index is 12.4. The van der Waals surface area contributed by atoms with Crippen molar-refractivity contribution < 1.29 is 8.42 Å². The predicted octanol–water partition coefficient (Wildman–Crippen LogP) is 1.85. The van der Waals surface area contributed by atoms with Crippen LogP contribution in [0.1, 0.15) is 38.3 Å². The number of hydrogen-bond donors (Lipinski definition) is 2. The molecule has 1 aromatic heterocycles. The van der Waals surface area contributed by atoms with Crippen molar-refractivity contribution in [1.29, 1.82) is 0 Å². The van der Waals surface area contributed by atoms with Crippen LogP contribution in [0.5, 0.6) is 0 Å². The fourth-order valence-electron chi connectivity index (χ4n) is 3.94. The summed E-state index contributed by atoms with van der Waals surface area (Å²) in [5, 5.41) is 0. The lowest BCUT2D eigenvalue weighted by molar-refractivity contribution is 0.280. The molecule has 1 aromatic rings. The minimum Gasteiger partial charge on any atom is -0.315 e. The topological polar surface area (TPSA) is 79.0 Å². The largest absolute Gasteiger partial charge is 0.315 e. The number of nitrogens with one attached hydrogen (secondary N) is 2. The maximum absolute atomic E-state index is 12.4. The van der Waals surface area contributed by atoms with Crippen molar-refractivity contribution in [2.75, 3.05) is 0 Å². The Labute approximate surface area is 122 Å². The Morgan fingerprint density at radius 2 is 2.10 bits per heavy atom. The van der Waals surface area contributed by atoms with Crippen LogP contribution in [0.2, 0.25) is 0 Å². The highest BCUT2D eigenvalue weighted by Crippen LogP contribution is 2.49. The highest BCUT2D eigenvalue weighted by atomic mass is 32.2. The van der Waals surface area contributed by atoms with Gasteiger partial charge in [-0.25, -0.2) is 13.1 Å². The van der Waals surface area contributed by atoms with Gasteiger partial charge in [0, 0.05) is 11.7 Å². The van der Waals surface area contributed by atoms with Crippen molar-refractivity contribution in [3.63, 3.8) is 0 Å². The summed E-state index contributed by atoms with van der Waals surface area (Å²) in [5.74, 6) is 1.91. The molecule has 2 aliphatic carbocycles. The highest BCUT2D eigenvalue weighted by Gasteiger charge is 2.42. The molecular formula is C13H20N2O3S2. The standard InChI is InChI=1S/C13H20N2O3S2/c1-7(11-6-9-3-4-10(11)5-9)15-20(17,18)12-8(2)14-13(16)19-12/h7,9-11,15H,3-6H2,1-2H3,(H,14,16). The number of aryl methyl sites for hydroxylation is 1. The van der Waals surface area contributed by atoms with Gasteiger partial charge in [-0.05, 0) is 50.9 Å². The first-order chi connectivity index (χ1) is 9.37. The van der Waals surface area contributed by atoms with Crippen molar-refractivity contribution in [1.82, 2.24) is 9.71 Å². The van der Waals surface area contributed by atoms with E-state index >= 15 is 0 Å². The van der Waals surface area contributed by atoms with Gasteiger partial charge in [0.05, 0.1) is 0 Å². The van der Waals surface area contributed by atoms with Crippen LogP contribution in [-0.2, 0) is 10.0 Å². The molecule has 0 radical (unpaired) electrons. The summed E-state index contributed by atoms with van der Waals surface area (Å²) < 4.78 is 27.7. The fourth-order valence-corrected chi connectivity index (χ4v) is 6.55. The summed E-state index contributed by atoms with van der Waals surface area (Å²) in [5.41, 5.74) is 0.424. The maximum Gasteiger partial charge on any atom is 0.305 e. The molecule has 0 aromatic carbocycles. The Balaban J connectivity index is 1.76. The zero-order chi connectivity index (χ0) is 14.5. The number of hydrogen-bond acceptors (Lipinski definition) is 4. The van der Waals surface area contributed by atoms with Gasteiger partial charge in [-0.3, -0.25) is 4.79 Å². The van der Waals surface area contributed by atoms with Crippen LogP contribution in [0.25, 0.3) is 0 Å². The molecule has 3 rings (SSSR count). The van der Waals surface area contributed by atoms with E-state index in [0.29, 0.717) is 17.5 Å². The van der Waals surface area contributed by atoms with Gasteiger partial charge in [-0.1, -0.05) is 17.8 Å². The molecule has 0 aliphatic heterocycles. The second kappa shape index (κ2) is 4.96. The lowest BCUT2D eigenvalue weighted by atomic mass is 9.84. The molecule has 2 saturated carbocycles. The Hall–Kier alpha value is -0.660. The third-order valence-electron chi connectivity index (χ3n) is 4.80. The Morgan fingerprint density at radius 1 is 1.35 bits per heavy atom. The number of sulfonamides is 1. The number of fused-ring (bicyclic) bond motifs is 2. The predicted molar refractivity (Wildman–Crippen MR) is 78.4 cm³/mol. The summed E-state index contributed by atoms with van der Waals surface area (Å²) in [6, 6.07) is -0.0631. The van der Waals surface area contributed by atoms with E-state index in [4.69, 9.17) is 0 Å². The van der Waals surface area contributed by atoms with E-state index in [9.17, 15) is 13.2 Å². The molecule has 2 fully saturated rings. The van der Waals surface area contributed by atoms with Crippen LogP contribution in [0.4, 0.5) is 0 Å². The molecule has 0 saturated heterocycles. The normalized spacial score (nSPS) is 30.8. The van der Waals surface area contributed by atoms with Crippen LogP contribution >= 0.6 is 11.3 Å². The molecule has 4 unspecified atom stereocenters. The summed E-state index contributed by atoms with van der Waals surface area (Å²) >= 11 is 0.760. The average Bonchev–Trinajstić information content (AvgIpc) is 3.03. The highest BCUT2D eigenvalue weighted by molar-refractivity contribution is 7.91. The van der Waals surface area contributed by atoms with E-state index in [1.165, 1.54) is 19.3 Å². The summed E-state index contributed by atoms with van der Waals surface area (Å²) in [6.07, 6.45) is 4.93. The van der Waals surface area contributed by atoms with Gasteiger partial charge in [0.1, 0.15) is 0 Å². The molecule has 7 heteroatoms. The second-order valence-corrected chi connectivity index (χ2v) is 9.07. The van der Waals surface area contributed by atoms with Crippen molar-refractivity contribution in [2.24, 2.45) is 17.8 Å². The molecular weight excluding hydrogens is 296 g/mol. The van der Waals surface area contributed by atoms with E-state index in [-0.39, 0.29) is 15.1 Å². The lowest BCUT2D eigenvalue weighted by Gasteiger charge is -2.28. The van der Waals surface area contributed by atoms with Crippen LogP contribution in [0.3, 0.4) is 0 Å². The van der Waals surface area contributed by atoms with Crippen LogP contribution in [-0.4, -0.2) is 19.4 Å². The van der Waals surface area contributed by atoms with Crippen molar-refractivity contribution in [3.05, 3.63) is 15.4 Å². The molecule has 4 atom stereocenters. The molecule has 2 N–H and O–H groups in total. The van der Waals surface area contributed by atoms with Gasteiger partial charge in [0.15, 0.2) is 4.21 Å². The first-order valence-electron chi connectivity index (χ1n) is 7.09. The van der Waals surface area contributed by atoms with Gasteiger partial charge in [-0.15, -0.1) is 0 Å². The van der Waals surface area contributed by atoms with Gasteiger partial charge in [0.2, 0.25) is 0 Å². The first-order valence-corrected chi connectivity index (χ1v) is 9.39. The summed E-state index contributed by atoms with van der Waals surface area (Å²) in [4.78, 5) is 13.5. The Morgan fingerprint density at radius 3 is 2.60 bits per heavy atom. The van der Waals surface area contributed by atoms with E-state index in [0.717, 1.165) is 23.7 Å². The van der Waals surface area contributed by atoms with Crippen molar-refractivity contribution >= 4 is 21.4 Å². The van der Waals surface area contributed by atoms with Gasteiger partial charge in [0.25, 0.3) is 10.0 Å². The number of aromatic amines is 1. The summed E-state index contributed by atoms with van der Waals surface area (Å²) in [7, 11) is -3.59. The number of aromatic nitrogens is 1. The zero-order valence-corrected chi connectivity index (χ0v) is 13.3. The van der Waals surface area contributed by atoms with E-state index in [2.05, 4.69) is 9.71 Å². The molecule has 112 valence electrons. The van der Waals surface area contributed by atoms with Gasteiger partial charge < -0.3 is 4.98 Å². The lowest BCUT2D eigenvalue weighted by Crippen LogP contribution is -2.40. The number of rotatable bonds is 4. The molecule has 20 heavy (non-hydrogen) atoms. The zero-order valence-electron chi connectivity index (χ0n) is 11.7. The quantitative estimate of drug-likeness (QED) is 0.889. The molecule has 0 amide bonds. The van der Waals surface area contributed by atoms with E-state index in [1.807, 2.05) is 6.92 Å². The third kappa shape index (κ3) is 2.46. The minimum atomic E-state index is -3.59. The molecule has 2 aliphatic rings. The van der Waals surface area contributed by atoms with Crippen LogP contribution < -0.4 is 9.60 Å². The SMILES string of the molecule is Cc1[nH]c(=O)sc1S(=O)(=O)NC(C)C1CC2CCC1C2. The number of H-pyrrole nitrogens is 1. The molecule has 1 heterocycles. The van der Waals surface area contributed by atoms with Crippen LogP contribution in [0.15, 0.2) is 9.00 Å². The minimum absolute atomic E-state index is 0.0631. The third-order valence-corrected chi connectivity index (χ3v) is 7.96. The van der Waals surface area contributed by atoms with Crippen LogP contribution in [0, 0.1) is 24.7 Å². The summed E-state index contributed by atoms with van der Waals surface area (Å²) in [6.45, 7) is 3.57. The molecule has 0 spiro atoms. The van der Waals surface area contributed by atoms with Gasteiger partial charge in [-0.2, -0.15) is 0 Å². The van der Waals surface area contributed by atoms with Crippen molar-refractivity contribution in [2.45, 2.75) is 49.8 Å². The van der Waals surface area contributed by atoms with Crippen molar-refractivity contribution in [3.8, 4) is 0 Å². The second-order valence-electron chi connectivity index (χ2n) is 6.18. The average molecular weight is 316 g/mol.